The molecular formula is C50H44N2OSi+2. The Labute approximate surface area is 317 Å². The first-order valence-corrected chi connectivity index (χ1v) is 23.0. The van der Waals surface area contributed by atoms with E-state index in [1.807, 2.05) is 0 Å². The monoisotopic (exact) mass is 716 g/mol. The normalized spacial score (nSPS) is 16.4. The van der Waals surface area contributed by atoms with Crippen LogP contribution in [0.3, 0.4) is 0 Å². The molecule has 0 radical (unpaired) electrons. The van der Waals surface area contributed by atoms with Crippen molar-refractivity contribution in [3.63, 3.8) is 0 Å². The van der Waals surface area contributed by atoms with Gasteiger partial charge in [0, 0.05) is 50.7 Å². The van der Waals surface area contributed by atoms with Gasteiger partial charge < -0.3 is 4.42 Å². The topological polar surface area (TPSA) is 20.9 Å². The van der Waals surface area contributed by atoms with Gasteiger partial charge >= 0.3 is 0 Å². The van der Waals surface area contributed by atoms with E-state index in [0.29, 0.717) is 0 Å². The average Bonchev–Trinajstić information content (AvgIpc) is 3.55. The molecule has 0 saturated heterocycles. The molecule has 6 aromatic carbocycles. The molecule has 11 rings (SSSR count). The van der Waals surface area contributed by atoms with E-state index in [1.54, 1.807) is 0 Å². The van der Waals surface area contributed by atoms with Crippen molar-refractivity contribution in [1.82, 2.24) is 0 Å². The molecule has 9 aromatic rings. The van der Waals surface area contributed by atoms with E-state index in [4.69, 9.17) is 4.42 Å². The number of furan rings is 1. The van der Waals surface area contributed by atoms with Crippen LogP contribution in [0.1, 0.15) is 49.5 Å². The third-order valence-corrected chi connectivity index (χ3v) is 14.2. The first kappa shape index (κ1) is 31.9. The summed E-state index contributed by atoms with van der Waals surface area (Å²) >= 11 is 0. The summed E-state index contributed by atoms with van der Waals surface area (Å²) < 4.78 is 12.4. The third kappa shape index (κ3) is 4.47. The average molecular weight is 717 g/mol. The van der Waals surface area contributed by atoms with Crippen LogP contribution in [0.15, 0.2) is 138 Å². The largest absolute Gasteiger partial charge is 0.455 e. The molecule has 2 unspecified atom stereocenters. The summed E-state index contributed by atoms with van der Waals surface area (Å²) in [5, 5.41) is 11.5. The Bertz CT molecular complexity index is 3030. The number of benzene rings is 6. The highest BCUT2D eigenvalue weighted by Gasteiger charge is 2.53. The van der Waals surface area contributed by atoms with Crippen LogP contribution in [0.4, 0.5) is 0 Å². The van der Waals surface area contributed by atoms with Crippen LogP contribution in [0.25, 0.3) is 76.8 Å². The first-order chi connectivity index (χ1) is 26.0. The Balaban J connectivity index is 1.28. The second kappa shape index (κ2) is 11.0. The summed E-state index contributed by atoms with van der Waals surface area (Å²) in [4.78, 5) is 0. The SMILES string of the molecule is CC(C)(C)Cc1cc[n+]2c(c1)-c1c(ccc3c1oc1ccc4c5ccccc5c5ccccc5c4c13)C1C2c2ccccc2-c2ccc([Si](C)(C)C)c[n+]21. The lowest BCUT2D eigenvalue weighted by molar-refractivity contribution is -0.799. The number of nitrogens with zero attached hydrogens (tertiary/aromatic N) is 2. The number of aromatic nitrogens is 2. The fourth-order valence-electron chi connectivity index (χ4n) is 9.92. The van der Waals surface area contributed by atoms with Gasteiger partial charge in [-0.3, -0.25) is 0 Å². The highest BCUT2D eigenvalue weighted by atomic mass is 28.3. The van der Waals surface area contributed by atoms with Gasteiger partial charge in [0.05, 0.1) is 19.2 Å². The predicted molar refractivity (Wildman–Crippen MR) is 226 cm³/mol. The molecule has 3 nitrogen and oxygen atoms in total. The number of pyridine rings is 2. The molecule has 0 bridgehead atoms. The molecule has 4 heteroatoms. The predicted octanol–water partition coefficient (Wildman–Crippen LogP) is 11.6. The maximum Gasteiger partial charge on any atom is 0.250 e. The lowest BCUT2D eigenvalue weighted by Gasteiger charge is -2.33. The maximum absolute atomic E-state index is 7.22. The zero-order valence-electron chi connectivity index (χ0n) is 31.9. The van der Waals surface area contributed by atoms with Gasteiger partial charge in [-0.1, -0.05) is 119 Å². The number of hydrogen-bond acceptors (Lipinski definition) is 1. The molecule has 2 aliphatic rings. The smallest absolute Gasteiger partial charge is 0.250 e. The molecule has 2 aliphatic heterocycles. The van der Waals surface area contributed by atoms with Gasteiger partial charge in [-0.15, -0.1) is 0 Å². The van der Waals surface area contributed by atoms with Crippen molar-refractivity contribution in [2.75, 3.05) is 0 Å². The Hall–Kier alpha value is -5.58. The number of hydrogen-bond donors (Lipinski definition) is 0. The van der Waals surface area contributed by atoms with Crippen molar-refractivity contribution in [1.29, 1.82) is 0 Å². The lowest BCUT2D eigenvalue weighted by atomic mass is 9.78. The minimum Gasteiger partial charge on any atom is -0.455 e. The van der Waals surface area contributed by atoms with Crippen molar-refractivity contribution in [3.05, 3.63) is 150 Å². The highest BCUT2D eigenvalue weighted by molar-refractivity contribution is 6.88. The Morgan fingerprint density at radius 1 is 0.593 bits per heavy atom. The van der Waals surface area contributed by atoms with Gasteiger partial charge in [0.1, 0.15) is 11.2 Å². The van der Waals surface area contributed by atoms with Gasteiger partial charge in [0.15, 0.2) is 12.4 Å². The molecule has 262 valence electrons. The molecular weight excluding hydrogens is 673 g/mol. The van der Waals surface area contributed by atoms with Crippen molar-refractivity contribution in [2.24, 2.45) is 5.41 Å². The number of fused-ring (bicyclic) bond motifs is 22. The molecule has 5 heterocycles. The zero-order valence-corrected chi connectivity index (χ0v) is 32.9. The zero-order chi connectivity index (χ0) is 36.7. The van der Waals surface area contributed by atoms with Crippen LogP contribution in [-0.2, 0) is 6.42 Å². The molecule has 0 saturated carbocycles. The second-order valence-electron chi connectivity index (χ2n) is 18.0. The van der Waals surface area contributed by atoms with Crippen LogP contribution in [-0.4, -0.2) is 8.07 Å². The molecule has 0 N–H and O–H groups in total. The molecule has 3 aromatic heterocycles. The molecule has 0 spiro atoms. The minimum absolute atomic E-state index is 0.0614. The van der Waals surface area contributed by atoms with E-state index in [0.717, 1.165) is 17.6 Å². The summed E-state index contributed by atoms with van der Waals surface area (Å²) in [6, 6.07) is 45.9. The van der Waals surface area contributed by atoms with Crippen LogP contribution >= 0.6 is 0 Å². The number of rotatable bonds is 2. The van der Waals surface area contributed by atoms with E-state index < -0.39 is 8.07 Å². The minimum atomic E-state index is -1.61. The third-order valence-electron chi connectivity index (χ3n) is 12.2. The van der Waals surface area contributed by atoms with Crippen LogP contribution in [0.5, 0.6) is 0 Å². The van der Waals surface area contributed by atoms with Crippen LogP contribution in [0, 0.1) is 5.41 Å². The van der Waals surface area contributed by atoms with E-state index in [-0.39, 0.29) is 17.5 Å². The Kier molecular flexibility index (Phi) is 6.49. The van der Waals surface area contributed by atoms with E-state index >= 15 is 0 Å². The van der Waals surface area contributed by atoms with Crippen molar-refractivity contribution in [3.8, 4) is 22.5 Å². The Morgan fingerprint density at radius 2 is 1.24 bits per heavy atom. The summed E-state index contributed by atoms with van der Waals surface area (Å²) in [5.41, 5.74) is 11.2. The molecule has 0 amide bonds. The van der Waals surface area contributed by atoms with E-state index in [9.17, 15) is 0 Å². The first-order valence-electron chi connectivity index (χ1n) is 19.5. The molecule has 54 heavy (non-hydrogen) atoms. The standard InChI is InChI=1S/C50H44N2OSi/c1-50(2,3)28-30-25-26-51-42(27-30)45-39(48-47(51)38-18-12-10-16-35(38)41-23-19-31(29-52(41)48)54(4,5)6)20-21-40-46-43(53-49(40)45)24-22-37-34-15-8-7-13-32(34)33-14-9-11-17-36(33)44(37)46/h7-27,29,47-48H,28H2,1-6H3/q+2. The Morgan fingerprint density at radius 3 is 1.98 bits per heavy atom. The van der Waals surface area contributed by atoms with Gasteiger partial charge in [-0.25, -0.2) is 0 Å². The summed E-state index contributed by atoms with van der Waals surface area (Å²) in [6.07, 6.45) is 5.86. The maximum atomic E-state index is 7.22. The van der Waals surface area contributed by atoms with Crippen molar-refractivity contribution in [2.45, 2.75) is 58.9 Å². The van der Waals surface area contributed by atoms with E-state index in [1.165, 1.54) is 87.5 Å². The molecule has 2 atom stereocenters. The van der Waals surface area contributed by atoms with Gasteiger partial charge in [-0.2, -0.15) is 9.13 Å². The molecule has 0 aliphatic carbocycles. The van der Waals surface area contributed by atoms with Gasteiger partial charge in [0.2, 0.25) is 17.4 Å². The van der Waals surface area contributed by atoms with Gasteiger partial charge in [-0.05, 0) is 68.6 Å². The quantitative estimate of drug-likeness (QED) is 0.0991. The van der Waals surface area contributed by atoms with Crippen LogP contribution in [0.2, 0.25) is 19.6 Å². The summed E-state index contributed by atoms with van der Waals surface area (Å²) in [7, 11) is -1.61. The second-order valence-corrected chi connectivity index (χ2v) is 23.0. The highest BCUT2D eigenvalue weighted by Crippen LogP contribution is 2.50. The fourth-order valence-corrected chi connectivity index (χ4v) is 11.0. The van der Waals surface area contributed by atoms with Crippen LogP contribution < -0.4 is 14.3 Å². The lowest BCUT2D eigenvalue weighted by Crippen LogP contribution is -2.61. The summed E-state index contributed by atoms with van der Waals surface area (Å²) in [6.45, 7) is 14.4. The fraction of sp³-hybridized carbons (Fsp3) is 0.200. The summed E-state index contributed by atoms with van der Waals surface area (Å²) in [5.74, 6) is 0. The van der Waals surface area contributed by atoms with Gasteiger partial charge in [0.25, 0.3) is 6.04 Å². The van der Waals surface area contributed by atoms with Crippen molar-refractivity contribution >= 4 is 67.5 Å². The molecule has 0 fully saturated rings. The van der Waals surface area contributed by atoms with E-state index in [2.05, 4.69) is 183 Å². The van der Waals surface area contributed by atoms with Crippen molar-refractivity contribution < 1.29 is 13.6 Å².